The molecule has 0 aromatic heterocycles. The van der Waals surface area contributed by atoms with Gasteiger partial charge in [-0.2, -0.15) is 17.0 Å². The molecular weight excluding hydrogens is 404 g/mol. The van der Waals surface area contributed by atoms with Crippen molar-refractivity contribution in [2.24, 2.45) is 5.41 Å². The molecule has 1 aliphatic carbocycles. The van der Waals surface area contributed by atoms with E-state index in [1.165, 1.54) is 10.7 Å². The van der Waals surface area contributed by atoms with E-state index in [1.807, 2.05) is 20.8 Å². The maximum absolute atomic E-state index is 13.1. The van der Waals surface area contributed by atoms with Crippen molar-refractivity contribution in [2.45, 2.75) is 77.8 Å². The summed E-state index contributed by atoms with van der Waals surface area (Å²) in [6.45, 7) is 7.63. The van der Waals surface area contributed by atoms with Crippen LogP contribution in [0.3, 0.4) is 0 Å². The fourth-order valence-electron chi connectivity index (χ4n) is 4.86. The Hall–Kier alpha value is -1.19. The second kappa shape index (κ2) is 9.12. The summed E-state index contributed by atoms with van der Waals surface area (Å²) in [4.78, 5) is 29.3. The second-order valence-corrected chi connectivity index (χ2v) is 11.9. The van der Waals surface area contributed by atoms with Crippen molar-refractivity contribution in [1.29, 1.82) is 0 Å². The van der Waals surface area contributed by atoms with Gasteiger partial charge in [-0.25, -0.2) is 0 Å². The summed E-state index contributed by atoms with van der Waals surface area (Å²) in [5.41, 5.74) is -0.515. The van der Waals surface area contributed by atoms with Crippen LogP contribution >= 0.6 is 0 Å². The summed E-state index contributed by atoms with van der Waals surface area (Å²) < 4.78 is 29.2. The van der Waals surface area contributed by atoms with Gasteiger partial charge in [-0.1, -0.05) is 40.0 Å². The molecule has 1 atom stereocenters. The van der Waals surface area contributed by atoms with E-state index in [1.54, 1.807) is 21.2 Å². The van der Waals surface area contributed by atoms with Gasteiger partial charge in [0.2, 0.25) is 11.8 Å². The van der Waals surface area contributed by atoms with E-state index in [9.17, 15) is 18.0 Å². The summed E-state index contributed by atoms with van der Waals surface area (Å²) in [7, 11) is -1.82. The molecule has 3 aliphatic rings. The molecule has 2 aliphatic heterocycles. The minimum absolute atomic E-state index is 0.00803. The topological polar surface area (TPSA) is 81.2 Å². The molecule has 2 saturated heterocycles. The molecular formula is C21H38N4O4S. The first-order chi connectivity index (χ1) is 14.0. The molecule has 0 aromatic carbocycles. The zero-order valence-corrected chi connectivity index (χ0v) is 19.8. The molecule has 2 heterocycles. The third-order valence-corrected chi connectivity index (χ3v) is 8.81. The summed E-state index contributed by atoms with van der Waals surface area (Å²) in [6.07, 6.45) is 6.71. The lowest BCUT2D eigenvalue weighted by Gasteiger charge is -2.40. The third kappa shape index (κ3) is 4.83. The van der Waals surface area contributed by atoms with Crippen LogP contribution in [0.1, 0.15) is 65.7 Å². The van der Waals surface area contributed by atoms with Crippen molar-refractivity contribution >= 4 is 22.0 Å². The normalized spacial score (nSPS) is 25.2. The fraction of sp³-hybridized carbons (Fsp3) is 0.905. The second-order valence-electron chi connectivity index (χ2n) is 9.95. The van der Waals surface area contributed by atoms with Crippen molar-refractivity contribution in [3.63, 3.8) is 0 Å². The Labute approximate surface area is 181 Å². The van der Waals surface area contributed by atoms with E-state index >= 15 is 0 Å². The number of hydrogen-bond donors (Lipinski definition) is 0. The van der Waals surface area contributed by atoms with Gasteiger partial charge in [0.05, 0.1) is 0 Å². The summed E-state index contributed by atoms with van der Waals surface area (Å²) in [5.74, 6) is -0.0311. The highest BCUT2D eigenvalue weighted by atomic mass is 32.2. The van der Waals surface area contributed by atoms with E-state index < -0.39 is 21.7 Å². The molecule has 1 saturated carbocycles. The van der Waals surface area contributed by atoms with Gasteiger partial charge < -0.3 is 9.80 Å². The molecule has 0 spiro atoms. The van der Waals surface area contributed by atoms with Crippen molar-refractivity contribution in [3.8, 4) is 0 Å². The number of piperazine rings is 1. The zero-order valence-electron chi connectivity index (χ0n) is 19.0. The van der Waals surface area contributed by atoms with Crippen LogP contribution in [0.4, 0.5) is 0 Å². The number of amides is 2. The van der Waals surface area contributed by atoms with Crippen LogP contribution in [-0.2, 0) is 19.8 Å². The molecule has 30 heavy (non-hydrogen) atoms. The van der Waals surface area contributed by atoms with Crippen molar-refractivity contribution < 1.29 is 18.0 Å². The van der Waals surface area contributed by atoms with Crippen molar-refractivity contribution in [1.82, 2.24) is 18.4 Å². The highest BCUT2D eigenvalue weighted by Crippen LogP contribution is 2.28. The standard InChI is InChI=1S/C21H38N4O4S/c1-21(2,3)20(27)25-12-8-11-18(25)19(26)23-13-15-24(16-14-23)30(28,29)22(4)17-9-6-5-7-10-17/h17-18H,5-16H2,1-4H3. The van der Waals surface area contributed by atoms with Gasteiger partial charge in [0.15, 0.2) is 0 Å². The van der Waals surface area contributed by atoms with Gasteiger partial charge in [-0.05, 0) is 25.7 Å². The Morgan fingerprint density at radius 1 is 0.867 bits per heavy atom. The molecule has 1 unspecified atom stereocenters. The quantitative estimate of drug-likeness (QED) is 0.663. The molecule has 2 amide bonds. The maximum Gasteiger partial charge on any atom is 0.282 e. The van der Waals surface area contributed by atoms with Crippen molar-refractivity contribution in [3.05, 3.63) is 0 Å². The number of hydrogen-bond acceptors (Lipinski definition) is 4. The molecule has 3 rings (SSSR count). The van der Waals surface area contributed by atoms with Crippen LogP contribution < -0.4 is 0 Å². The highest BCUT2D eigenvalue weighted by molar-refractivity contribution is 7.86. The van der Waals surface area contributed by atoms with E-state index in [0.29, 0.717) is 39.1 Å². The van der Waals surface area contributed by atoms with Crippen LogP contribution in [0.15, 0.2) is 0 Å². The van der Waals surface area contributed by atoms with Gasteiger partial charge in [-0.15, -0.1) is 0 Å². The molecule has 0 bridgehead atoms. The van der Waals surface area contributed by atoms with Gasteiger partial charge in [0.25, 0.3) is 10.2 Å². The van der Waals surface area contributed by atoms with Gasteiger partial charge >= 0.3 is 0 Å². The lowest BCUT2D eigenvalue weighted by molar-refractivity contribution is -0.148. The van der Waals surface area contributed by atoms with Gasteiger partial charge in [-0.3, -0.25) is 9.59 Å². The van der Waals surface area contributed by atoms with E-state index in [4.69, 9.17) is 0 Å². The zero-order chi connectivity index (χ0) is 22.1. The fourth-order valence-corrected chi connectivity index (χ4v) is 6.44. The lowest BCUT2D eigenvalue weighted by Crippen LogP contribution is -2.58. The molecule has 9 heteroatoms. The van der Waals surface area contributed by atoms with E-state index in [2.05, 4.69) is 0 Å². The number of nitrogens with zero attached hydrogens (tertiary/aromatic N) is 4. The maximum atomic E-state index is 13.1. The lowest BCUT2D eigenvalue weighted by atomic mass is 9.94. The summed E-state index contributed by atoms with van der Waals surface area (Å²) in [5, 5.41) is 0. The Bertz CT molecular complexity index is 735. The molecule has 0 N–H and O–H groups in total. The van der Waals surface area contributed by atoms with Crippen LogP contribution in [-0.4, -0.2) is 90.5 Å². The van der Waals surface area contributed by atoms with E-state index in [-0.39, 0.29) is 17.9 Å². The first-order valence-electron chi connectivity index (χ1n) is 11.4. The largest absolute Gasteiger partial charge is 0.338 e. The Morgan fingerprint density at radius 2 is 1.47 bits per heavy atom. The average molecular weight is 443 g/mol. The molecule has 3 fully saturated rings. The minimum atomic E-state index is -3.51. The van der Waals surface area contributed by atoms with Crippen LogP contribution in [0, 0.1) is 5.41 Å². The molecule has 172 valence electrons. The van der Waals surface area contributed by atoms with Crippen LogP contribution in [0.25, 0.3) is 0 Å². The van der Waals surface area contributed by atoms with Gasteiger partial charge in [0, 0.05) is 51.2 Å². The minimum Gasteiger partial charge on any atom is -0.338 e. The first kappa shape index (κ1) is 23.5. The third-order valence-electron chi connectivity index (χ3n) is 6.77. The summed E-state index contributed by atoms with van der Waals surface area (Å²) in [6, 6.07) is -0.330. The molecule has 0 aromatic rings. The smallest absolute Gasteiger partial charge is 0.282 e. The predicted octanol–water partition coefficient (Wildman–Crippen LogP) is 1.68. The molecule has 0 radical (unpaired) electrons. The number of likely N-dealkylation sites (tertiary alicyclic amines) is 1. The number of carbonyl (C=O) groups is 2. The SMILES string of the molecule is CN(C1CCCCC1)S(=O)(=O)N1CCN(C(=O)C2CCCN2C(=O)C(C)(C)C)CC1. The van der Waals surface area contributed by atoms with Crippen LogP contribution in [0.5, 0.6) is 0 Å². The highest BCUT2D eigenvalue weighted by Gasteiger charge is 2.42. The van der Waals surface area contributed by atoms with E-state index in [0.717, 1.165) is 32.1 Å². The first-order valence-corrected chi connectivity index (χ1v) is 12.8. The Balaban J connectivity index is 1.59. The Kier molecular flexibility index (Phi) is 7.14. The van der Waals surface area contributed by atoms with Crippen LogP contribution in [0.2, 0.25) is 0 Å². The predicted molar refractivity (Wildman–Crippen MR) is 116 cm³/mol. The number of carbonyl (C=O) groups excluding carboxylic acids is 2. The number of rotatable bonds is 4. The average Bonchev–Trinajstić information content (AvgIpc) is 3.21. The van der Waals surface area contributed by atoms with Crippen molar-refractivity contribution in [2.75, 3.05) is 39.8 Å². The summed E-state index contributed by atoms with van der Waals surface area (Å²) >= 11 is 0. The molecule has 8 nitrogen and oxygen atoms in total. The van der Waals surface area contributed by atoms with Gasteiger partial charge in [0.1, 0.15) is 6.04 Å². The Morgan fingerprint density at radius 3 is 2.03 bits per heavy atom. The monoisotopic (exact) mass is 442 g/mol.